The monoisotopic (exact) mass is 261 g/mol. The van der Waals surface area contributed by atoms with Crippen molar-refractivity contribution in [2.24, 2.45) is 5.92 Å². The Morgan fingerprint density at radius 3 is 2.28 bits per heavy atom. The van der Waals surface area contributed by atoms with Gasteiger partial charge in [-0.2, -0.15) is 0 Å². The van der Waals surface area contributed by atoms with Crippen molar-refractivity contribution >= 4 is 14.0 Å². The smallest absolute Gasteiger partial charge is 0.227 e. The molecule has 18 heavy (non-hydrogen) atoms. The molecule has 1 aliphatic rings. The number of rotatable bonds is 4. The molecule has 98 valence electrons. The molecular formula is C15H23NOSi. The number of β-lactam (4-membered cyclic amide) rings is 1. The van der Waals surface area contributed by atoms with E-state index in [0.29, 0.717) is 11.6 Å². The first kappa shape index (κ1) is 13.3. The number of likely N-dealkylation sites (tertiary alicyclic amines) is 1. The summed E-state index contributed by atoms with van der Waals surface area (Å²) in [4.78, 5) is 14.3. The lowest BCUT2D eigenvalue weighted by molar-refractivity contribution is -0.152. The van der Waals surface area contributed by atoms with Gasteiger partial charge in [-0.1, -0.05) is 56.9 Å². The zero-order valence-corrected chi connectivity index (χ0v) is 12.8. The van der Waals surface area contributed by atoms with E-state index in [1.54, 1.807) is 0 Å². The van der Waals surface area contributed by atoms with Crippen molar-refractivity contribution in [1.29, 1.82) is 0 Å². The first-order valence-electron chi connectivity index (χ1n) is 6.79. The second-order valence-electron chi connectivity index (χ2n) is 6.28. The van der Waals surface area contributed by atoms with Gasteiger partial charge in [0.1, 0.15) is 0 Å². The summed E-state index contributed by atoms with van der Waals surface area (Å²) in [6.07, 6.45) is 0.985. The van der Waals surface area contributed by atoms with Gasteiger partial charge in [0, 0.05) is 12.2 Å². The average molecular weight is 261 g/mol. The maximum Gasteiger partial charge on any atom is 0.227 e. The zero-order chi connectivity index (χ0) is 13.3. The van der Waals surface area contributed by atoms with Crippen LogP contribution in [0.3, 0.4) is 0 Å². The minimum Gasteiger partial charge on any atom is -0.337 e. The van der Waals surface area contributed by atoms with Crippen LogP contribution in [-0.2, 0) is 11.3 Å². The molecule has 1 heterocycles. The molecule has 3 heteroatoms. The third-order valence-corrected chi connectivity index (χ3v) is 6.33. The van der Waals surface area contributed by atoms with Crippen LogP contribution in [0, 0.1) is 5.92 Å². The predicted octanol–water partition coefficient (Wildman–Crippen LogP) is 3.30. The summed E-state index contributed by atoms with van der Waals surface area (Å²) in [5, 5.41) is 0. The fraction of sp³-hybridized carbons (Fsp3) is 0.533. The number of benzene rings is 1. The van der Waals surface area contributed by atoms with Crippen molar-refractivity contribution in [2.75, 3.05) is 0 Å². The number of hydrogen-bond acceptors (Lipinski definition) is 1. The lowest BCUT2D eigenvalue weighted by atomic mass is 9.94. The summed E-state index contributed by atoms with van der Waals surface area (Å²) in [7, 11) is -1.31. The molecule has 2 rings (SSSR count). The zero-order valence-electron chi connectivity index (χ0n) is 11.8. The van der Waals surface area contributed by atoms with E-state index in [2.05, 4.69) is 43.6 Å². The molecule has 1 aromatic rings. The second kappa shape index (κ2) is 4.88. The maximum absolute atomic E-state index is 12.2. The van der Waals surface area contributed by atoms with E-state index in [1.165, 1.54) is 5.56 Å². The Kier molecular flexibility index (Phi) is 3.62. The molecule has 0 bridgehead atoms. The molecule has 0 aliphatic carbocycles. The van der Waals surface area contributed by atoms with Crippen molar-refractivity contribution < 1.29 is 4.79 Å². The van der Waals surface area contributed by atoms with Crippen LogP contribution in [0.1, 0.15) is 18.9 Å². The van der Waals surface area contributed by atoms with Gasteiger partial charge in [-0.25, -0.2) is 0 Å². The first-order valence-corrected chi connectivity index (χ1v) is 10.4. The topological polar surface area (TPSA) is 20.3 Å². The standard InChI is InChI=1S/C15H23NOSi/c1-5-13-14(17)16(15(13)18(2,3)4)11-12-9-7-6-8-10-12/h6-10,13,15H,5,11H2,1-4H3. The molecule has 1 amide bonds. The summed E-state index contributed by atoms with van der Waals surface area (Å²) in [5.41, 5.74) is 1.75. The molecule has 2 nitrogen and oxygen atoms in total. The molecule has 0 radical (unpaired) electrons. The number of amides is 1. The van der Waals surface area contributed by atoms with E-state index in [-0.39, 0.29) is 5.92 Å². The van der Waals surface area contributed by atoms with Crippen LogP contribution in [0.5, 0.6) is 0 Å². The maximum atomic E-state index is 12.2. The van der Waals surface area contributed by atoms with E-state index >= 15 is 0 Å². The third-order valence-electron chi connectivity index (χ3n) is 3.84. The van der Waals surface area contributed by atoms with Gasteiger partial charge in [-0.15, -0.1) is 0 Å². The van der Waals surface area contributed by atoms with Gasteiger partial charge in [0.2, 0.25) is 5.91 Å². The summed E-state index contributed by atoms with van der Waals surface area (Å²) >= 11 is 0. The van der Waals surface area contributed by atoms with Gasteiger partial charge >= 0.3 is 0 Å². The van der Waals surface area contributed by atoms with Gasteiger partial charge < -0.3 is 4.90 Å². The lowest BCUT2D eigenvalue weighted by Gasteiger charge is -2.53. The highest BCUT2D eigenvalue weighted by molar-refractivity contribution is 6.78. The molecule has 2 unspecified atom stereocenters. The van der Waals surface area contributed by atoms with E-state index in [9.17, 15) is 4.79 Å². The van der Waals surface area contributed by atoms with Crippen LogP contribution in [0.25, 0.3) is 0 Å². The molecule has 1 aliphatic heterocycles. The van der Waals surface area contributed by atoms with Crippen LogP contribution in [0.4, 0.5) is 0 Å². The summed E-state index contributed by atoms with van der Waals surface area (Å²) in [5.74, 6) is 0.633. The molecule has 1 saturated heterocycles. The minimum absolute atomic E-state index is 0.278. The van der Waals surface area contributed by atoms with Gasteiger partial charge in [0.15, 0.2) is 0 Å². The average Bonchev–Trinajstić information content (AvgIpc) is 2.32. The fourth-order valence-electron chi connectivity index (χ4n) is 3.05. The third kappa shape index (κ3) is 2.37. The van der Waals surface area contributed by atoms with Crippen LogP contribution >= 0.6 is 0 Å². The highest BCUT2D eigenvalue weighted by Gasteiger charge is 2.51. The van der Waals surface area contributed by atoms with Gasteiger partial charge in [-0.05, 0) is 12.0 Å². The van der Waals surface area contributed by atoms with Crippen LogP contribution < -0.4 is 0 Å². The van der Waals surface area contributed by atoms with Gasteiger partial charge in [0.05, 0.1) is 14.0 Å². The summed E-state index contributed by atoms with van der Waals surface area (Å²) < 4.78 is 0. The van der Waals surface area contributed by atoms with Crippen LogP contribution in [0.15, 0.2) is 30.3 Å². The largest absolute Gasteiger partial charge is 0.337 e. The Hall–Kier alpha value is -1.09. The molecule has 0 spiro atoms. The molecule has 0 aromatic heterocycles. The first-order chi connectivity index (χ1) is 8.45. The number of carbonyl (C=O) groups excluding carboxylic acids is 1. The van der Waals surface area contributed by atoms with Crippen molar-refractivity contribution in [2.45, 2.75) is 45.2 Å². The highest BCUT2D eigenvalue weighted by atomic mass is 28.3. The minimum atomic E-state index is -1.31. The number of nitrogens with zero attached hydrogens (tertiary/aromatic N) is 1. The van der Waals surface area contributed by atoms with Crippen molar-refractivity contribution in [1.82, 2.24) is 4.90 Å². The molecule has 0 saturated carbocycles. The predicted molar refractivity (Wildman–Crippen MR) is 77.9 cm³/mol. The number of hydrogen-bond donors (Lipinski definition) is 0. The van der Waals surface area contributed by atoms with Crippen molar-refractivity contribution in [3.05, 3.63) is 35.9 Å². The Morgan fingerprint density at radius 2 is 1.78 bits per heavy atom. The van der Waals surface area contributed by atoms with Crippen molar-refractivity contribution in [3.63, 3.8) is 0 Å². The second-order valence-corrected chi connectivity index (χ2v) is 11.6. The lowest BCUT2D eigenvalue weighted by Crippen LogP contribution is -2.69. The SMILES string of the molecule is CCC1C(=O)N(Cc2ccccc2)C1[Si](C)(C)C. The van der Waals surface area contributed by atoms with Crippen LogP contribution in [-0.4, -0.2) is 24.5 Å². The summed E-state index contributed by atoms with van der Waals surface area (Å²) in [6.45, 7) is 10.0. The van der Waals surface area contributed by atoms with Gasteiger partial charge in [0.25, 0.3) is 0 Å². The van der Waals surface area contributed by atoms with Crippen LogP contribution in [0.2, 0.25) is 19.6 Å². The van der Waals surface area contributed by atoms with E-state index in [4.69, 9.17) is 0 Å². The normalized spacial score (nSPS) is 24.0. The molecule has 1 fully saturated rings. The number of carbonyl (C=O) groups is 1. The van der Waals surface area contributed by atoms with Crippen molar-refractivity contribution in [3.8, 4) is 0 Å². The van der Waals surface area contributed by atoms with E-state index in [0.717, 1.165) is 13.0 Å². The fourth-order valence-corrected chi connectivity index (χ4v) is 5.78. The molecule has 0 N–H and O–H groups in total. The van der Waals surface area contributed by atoms with E-state index in [1.807, 2.05) is 18.2 Å². The molecular weight excluding hydrogens is 238 g/mol. The van der Waals surface area contributed by atoms with E-state index < -0.39 is 8.07 Å². The quantitative estimate of drug-likeness (QED) is 0.601. The summed E-state index contributed by atoms with van der Waals surface area (Å²) in [6, 6.07) is 10.3. The Bertz CT molecular complexity index is 424. The van der Waals surface area contributed by atoms with Gasteiger partial charge in [-0.3, -0.25) is 4.79 Å². The molecule has 1 aromatic carbocycles. The Balaban J connectivity index is 2.15. The Morgan fingerprint density at radius 1 is 1.17 bits per heavy atom. The Labute approximate surface area is 111 Å². The molecule has 2 atom stereocenters. The highest BCUT2D eigenvalue weighted by Crippen LogP contribution is 2.36.